The fraction of sp³-hybridized carbons (Fsp3) is 0.370. The maximum absolute atomic E-state index is 13.9. The van der Waals surface area contributed by atoms with Crippen molar-refractivity contribution in [3.05, 3.63) is 54.3 Å². The minimum absolute atomic E-state index is 0.104. The van der Waals surface area contributed by atoms with Crippen molar-refractivity contribution in [3.8, 4) is 17.2 Å². The first-order valence-electron chi connectivity index (χ1n) is 12.1. The number of hydrogen-bond acceptors (Lipinski definition) is 6. The third-order valence-corrected chi connectivity index (χ3v) is 8.39. The fourth-order valence-corrected chi connectivity index (χ4v) is 5.35. The number of hydrogen-bond donors (Lipinski definition) is 2. The predicted octanol–water partition coefficient (Wildman–Crippen LogP) is 4.35. The molecule has 198 valence electrons. The zero-order valence-electron chi connectivity index (χ0n) is 20.5. The van der Waals surface area contributed by atoms with Crippen molar-refractivity contribution in [1.29, 1.82) is 5.26 Å². The van der Waals surface area contributed by atoms with Gasteiger partial charge in [-0.3, -0.25) is 9.59 Å². The summed E-state index contributed by atoms with van der Waals surface area (Å²) in [5, 5.41) is 15.2. The number of nitrogens with one attached hydrogen (secondary N) is 2. The quantitative estimate of drug-likeness (QED) is 0.477. The highest BCUT2D eigenvalue weighted by Gasteiger charge is 2.53. The molecule has 0 radical (unpaired) electrons. The average molecular weight is 542 g/mol. The summed E-state index contributed by atoms with van der Waals surface area (Å²) in [6, 6.07) is 15.1. The molecule has 1 aromatic heterocycles. The lowest BCUT2D eigenvalue weighted by molar-refractivity contribution is -0.133. The number of sulfone groups is 1. The van der Waals surface area contributed by atoms with Gasteiger partial charge in [-0.05, 0) is 61.1 Å². The summed E-state index contributed by atoms with van der Waals surface area (Å²) < 4.78 is 57.5. The maximum atomic E-state index is 13.9. The van der Waals surface area contributed by atoms with E-state index in [0.29, 0.717) is 34.9 Å². The zero-order chi connectivity index (χ0) is 27.3. The van der Waals surface area contributed by atoms with Crippen LogP contribution in [0.1, 0.15) is 49.1 Å². The van der Waals surface area contributed by atoms with Crippen LogP contribution < -0.4 is 10.6 Å². The number of halogens is 2. The molecular weight excluding hydrogens is 516 g/mol. The molecular formula is C27H25F2N3O5S. The predicted molar refractivity (Wildman–Crippen MR) is 134 cm³/mol. The number of carbonyl (C=O) groups is 2. The van der Waals surface area contributed by atoms with Crippen LogP contribution in [0.3, 0.4) is 0 Å². The third kappa shape index (κ3) is 5.00. The standard InChI is InChI=1S/C27H25F2N3O5S/c1-38(35,36)20-4-2-3-17(13-20)18-5-6-19-15-22(37-21(19)14-18)23(33)31-26(9-11-27(28,29)12-10-26)24(34)32-25(16-30)7-8-25/h2-6,13-15H,7-12H2,1H3,(H,31,33)(H,32,34). The molecule has 3 aromatic rings. The highest BCUT2D eigenvalue weighted by molar-refractivity contribution is 7.90. The molecule has 0 saturated heterocycles. The largest absolute Gasteiger partial charge is 0.451 e. The minimum Gasteiger partial charge on any atom is -0.451 e. The number of furan rings is 1. The monoisotopic (exact) mass is 541 g/mol. The van der Waals surface area contributed by atoms with Crippen LogP contribution in [-0.4, -0.2) is 43.5 Å². The van der Waals surface area contributed by atoms with Gasteiger partial charge in [0, 0.05) is 24.5 Å². The van der Waals surface area contributed by atoms with Crippen molar-refractivity contribution < 1.29 is 31.2 Å². The first kappa shape index (κ1) is 25.9. The topological polar surface area (TPSA) is 129 Å². The van der Waals surface area contributed by atoms with E-state index in [1.54, 1.807) is 36.4 Å². The summed E-state index contributed by atoms with van der Waals surface area (Å²) in [6.45, 7) is 0. The molecule has 11 heteroatoms. The highest BCUT2D eigenvalue weighted by atomic mass is 32.2. The molecule has 5 rings (SSSR count). The number of rotatable bonds is 6. The van der Waals surface area contributed by atoms with Gasteiger partial charge in [-0.1, -0.05) is 24.3 Å². The van der Waals surface area contributed by atoms with Crippen molar-refractivity contribution in [3.63, 3.8) is 0 Å². The summed E-state index contributed by atoms with van der Waals surface area (Å²) in [5.74, 6) is -4.42. The number of nitriles is 1. The lowest BCUT2D eigenvalue weighted by Gasteiger charge is -2.39. The van der Waals surface area contributed by atoms with E-state index >= 15 is 0 Å². The molecule has 0 unspecified atom stereocenters. The summed E-state index contributed by atoms with van der Waals surface area (Å²) >= 11 is 0. The Hall–Kier alpha value is -3.78. The number of benzene rings is 2. The van der Waals surface area contributed by atoms with Gasteiger partial charge in [0.15, 0.2) is 15.6 Å². The van der Waals surface area contributed by atoms with E-state index in [4.69, 9.17) is 4.42 Å². The SMILES string of the molecule is CS(=O)(=O)c1cccc(-c2ccc3cc(C(=O)NC4(C(=O)NC5(C#N)CC5)CCC(F)(F)CC4)oc3c2)c1. The van der Waals surface area contributed by atoms with E-state index < -0.39 is 51.5 Å². The van der Waals surface area contributed by atoms with E-state index in [2.05, 4.69) is 10.6 Å². The lowest BCUT2D eigenvalue weighted by atomic mass is 9.78. The smallest absolute Gasteiger partial charge is 0.287 e. The molecule has 0 atom stereocenters. The molecule has 2 aromatic carbocycles. The van der Waals surface area contributed by atoms with Crippen molar-refractivity contribution >= 4 is 32.6 Å². The summed E-state index contributed by atoms with van der Waals surface area (Å²) in [7, 11) is -3.40. The molecule has 2 N–H and O–H groups in total. The van der Waals surface area contributed by atoms with Crippen LogP contribution in [0.4, 0.5) is 8.78 Å². The molecule has 0 aliphatic heterocycles. The Morgan fingerprint density at radius 1 is 0.947 bits per heavy atom. The Morgan fingerprint density at radius 3 is 2.26 bits per heavy atom. The van der Waals surface area contributed by atoms with Gasteiger partial charge in [-0.2, -0.15) is 5.26 Å². The number of alkyl halides is 2. The lowest BCUT2D eigenvalue weighted by Crippen LogP contribution is -2.62. The Balaban J connectivity index is 1.41. The third-order valence-electron chi connectivity index (χ3n) is 7.28. The molecule has 1 heterocycles. The van der Waals surface area contributed by atoms with E-state index in [9.17, 15) is 32.0 Å². The van der Waals surface area contributed by atoms with Crippen molar-refractivity contribution in [2.24, 2.45) is 0 Å². The first-order valence-corrected chi connectivity index (χ1v) is 14.0. The molecule has 0 spiro atoms. The van der Waals surface area contributed by atoms with Gasteiger partial charge in [-0.15, -0.1) is 0 Å². The Morgan fingerprint density at radius 2 is 1.63 bits per heavy atom. The second kappa shape index (κ2) is 8.91. The van der Waals surface area contributed by atoms with E-state index in [1.165, 1.54) is 12.1 Å². The molecule has 0 bridgehead atoms. The van der Waals surface area contributed by atoms with Gasteiger partial charge >= 0.3 is 0 Å². The Labute approximate surface area is 217 Å². The molecule has 2 aliphatic carbocycles. The van der Waals surface area contributed by atoms with Crippen LogP contribution in [0.25, 0.3) is 22.1 Å². The van der Waals surface area contributed by atoms with Crippen LogP contribution >= 0.6 is 0 Å². The average Bonchev–Trinajstić information content (AvgIpc) is 3.51. The summed E-state index contributed by atoms with van der Waals surface area (Å²) in [4.78, 5) is 26.6. The normalized spacial score (nSPS) is 19.3. The number of carbonyl (C=O) groups excluding carboxylic acids is 2. The van der Waals surface area contributed by atoms with Gasteiger partial charge < -0.3 is 15.1 Å². The van der Waals surface area contributed by atoms with Crippen LogP contribution in [0.5, 0.6) is 0 Å². The van der Waals surface area contributed by atoms with Crippen LogP contribution in [0, 0.1) is 11.3 Å². The van der Waals surface area contributed by atoms with Crippen molar-refractivity contribution in [2.75, 3.05) is 6.26 Å². The van der Waals surface area contributed by atoms with E-state index in [0.717, 1.165) is 6.26 Å². The number of amides is 2. The van der Waals surface area contributed by atoms with Crippen LogP contribution in [-0.2, 0) is 14.6 Å². The first-order chi connectivity index (χ1) is 17.8. The van der Waals surface area contributed by atoms with Crippen LogP contribution in [0.15, 0.2) is 57.8 Å². The van der Waals surface area contributed by atoms with Gasteiger partial charge in [0.25, 0.3) is 5.91 Å². The maximum Gasteiger partial charge on any atom is 0.287 e. The summed E-state index contributed by atoms with van der Waals surface area (Å²) in [5.41, 5.74) is -0.948. The fourth-order valence-electron chi connectivity index (χ4n) is 4.69. The van der Waals surface area contributed by atoms with Crippen LogP contribution in [0.2, 0.25) is 0 Å². The van der Waals surface area contributed by atoms with Gasteiger partial charge in [-0.25, -0.2) is 17.2 Å². The molecule has 38 heavy (non-hydrogen) atoms. The Kier molecular flexibility index (Phi) is 6.06. The van der Waals surface area contributed by atoms with Crippen molar-refractivity contribution in [2.45, 2.75) is 60.4 Å². The summed E-state index contributed by atoms with van der Waals surface area (Å²) in [6.07, 6.45) is 0.355. The van der Waals surface area contributed by atoms with Crippen molar-refractivity contribution in [1.82, 2.24) is 10.6 Å². The minimum atomic E-state index is -3.40. The second-order valence-electron chi connectivity index (χ2n) is 10.2. The Bertz CT molecular complexity index is 1590. The van der Waals surface area contributed by atoms with E-state index in [-0.39, 0.29) is 23.5 Å². The second-order valence-corrected chi connectivity index (χ2v) is 12.2. The number of nitrogens with zero attached hydrogens (tertiary/aromatic N) is 1. The molecule has 2 aliphatic rings. The van der Waals surface area contributed by atoms with E-state index in [1.807, 2.05) is 6.07 Å². The number of fused-ring (bicyclic) bond motifs is 1. The van der Waals surface area contributed by atoms with Gasteiger partial charge in [0.05, 0.1) is 11.0 Å². The van der Waals surface area contributed by atoms with Gasteiger partial charge in [0.2, 0.25) is 11.8 Å². The zero-order valence-corrected chi connectivity index (χ0v) is 21.3. The highest BCUT2D eigenvalue weighted by Crippen LogP contribution is 2.41. The molecule has 2 saturated carbocycles. The van der Waals surface area contributed by atoms with Gasteiger partial charge in [0.1, 0.15) is 16.7 Å². The molecule has 8 nitrogen and oxygen atoms in total. The molecule has 2 amide bonds. The molecule has 2 fully saturated rings.